The number of fused-ring (bicyclic) bond motifs is 5. The minimum absolute atomic E-state index is 0.126. The van der Waals surface area contributed by atoms with E-state index in [1.165, 1.54) is 19.3 Å². The molecule has 4 heteroatoms. The summed E-state index contributed by atoms with van der Waals surface area (Å²) >= 11 is 0. The van der Waals surface area contributed by atoms with Crippen molar-refractivity contribution in [3.05, 3.63) is 12.7 Å². The molecular weight excluding hydrogens is 232 g/mol. The molecule has 2 saturated carbocycles. The highest BCUT2D eigenvalue weighted by Crippen LogP contribution is 2.54. The van der Waals surface area contributed by atoms with Crippen LogP contribution in [0.4, 0.5) is 0 Å². The van der Waals surface area contributed by atoms with Crippen LogP contribution in [0.25, 0.3) is 0 Å². The molecule has 5 atom stereocenters. The average Bonchev–Trinajstić information content (AvgIpc) is 2.93. The third-order valence-electron chi connectivity index (χ3n) is 4.82. The molecule has 5 unspecified atom stereocenters. The molecule has 0 N–H and O–H groups in total. The first-order valence-corrected chi connectivity index (χ1v) is 6.70. The van der Waals surface area contributed by atoms with Crippen molar-refractivity contribution < 1.29 is 19.1 Å². The lowest BCUT2D eigenvalue weighted by Gasteiger charge is -2.29. The first-order valence-electron chi connectivity index (χ1n) is 6.70. The highest BCUT2D eigenvalue weighted by atomic mass is 16.6. The fourth-order valence-electron chi connectivity index (χ4n) is 4.06. The van der Waals surface area contributed by atoms with E-state index >= 15 is 0 Å². The number of esters is 2. The van der Waals surface area contributed by atoms with Crippen molar-refractivity contribution in [1.29, 1.82) is 0 Å². The minimum atomic E-state index is -0.467. The van der Waals surface area contributed by atoms with E-state index in [0.29, 0.717) is 17.8 Å². The molecule has 2 aliphatic carbocycles. The summed E-state index contributed by atoms with van der Waals surface area (Å²) in [4.78, 5) is 23.0. The number of carbonyl (C=O) groups is 2. The maximum absolute atomic E-state index is 11.9. The molecule has 3 fully saturated rings. The highest BCUT2D eigenvalue weighted by Gasteiger charge is 2.55. The summed E-state index contributed by atoms with van der Waals surface area (Å²) in [6.07, 6.45) is 5.81. The number of ether oxygens (including phenoxy) is 2. The fraction of sp³-hybridized carbons (Fsp3) is 0.714. The zero-order valence-corrected chi connectivity index (χ0v) is 10.3. The van der Waals surface area contributed by atoms with Gasteiger partial charge in [-0.2, -0.15) is 0 Å². The van der Waals surface area contributed by atoms with E-state index in [-0.39, 0.29) is 24.6 Å². The van der Waals surface area contributed by atoms with Crippen LogP contribution >= 0.6 is 0 Å². The number of rotatable bonds is 3. The molecule has 0 radical (unpaired) electrons. The first kappa shape index (κ1) is 11.8. The summed E-state index contributed by atoms with van der Waals surface area (Å²) in [5.41, 5.74) is 0. The second kappa shape index (κ2) is 4.41. The van der Waals surface area contributed by atoms with Gasteiger partial charge in [0.15, 0.2) is 0 Å². The van der Waals surface area contributed by atoms with Gasteiger partial charge in [-0.15, -0.1) is 0 Å². The molecule has 0 aromatic heterocycles. The molecule has 18 heavy (non-hydrogen) atoms. The van der Waals surface area contributed by atoms with Crippen LogP contribution in [0, 0.1) is 23.7 Å². The molecule has 0 amide bonds. The van der Waals surface area contributed by atoms with Gasteiger partial charge in [-0.1, -0.05) is 13.0 Å². The fourth-order valence-corrected chi connectivity index (χ4v) is 4.06. The van der Waals surface area contributed by atoms with E-state index in [9.17, 15) is 9.59 Å². The monoisotopic (exact) mass is 250 g/mol. The van der Waals surface area contributed by atoms with Gasteiger partial charge in [0.05, 0.1) is 5.92 Å². The maximum Gasteiger partial charge on any atom is 0.330 e. The zero-order chi connectivity index (χ0) is 12.7. The van der Waals surface area contributed by atoms with Crippen molar-refractivity contribution >= 4 is 11.9 Å². The van der Waals surface area contributed by atoms with Crippen molar-refractivity contribution in [2.24, 2.45) is 23.7 Å². The molecule has 0 aromatic carbocycles. The van der Waals surface area contributed by atoms with Crippen LogP contribution in [0.3, 0.4) is 0 Å². The van der Waals surface area contributed by atoms with Gasteiger partial charge >= 0.3 is 11.9 Å². The van der Waals surface area contributed by atoms with E-state index in [2.05, 4.69) is 6.58 Å². The second-order valence-electron chi connectivity index (χ2n) is 5.57. The predicted octanol–water partition coefficient (Wildman–Crippen LogP) is 1.69. The zero-order valence-electron chi connectivity index (χ0n) is 10.3. The van der Waals surface area contributed by atoms with Crippen molar-refractivity contribution in [2.75, 3.05) is 6.61 Å². The molecular formula is C14H18O4. The van der Waals surface area contributed by atoms with E-state index in [1.807, 2.05) is 0 Å². The molecule has 3 aliphatic rings. The van der Waals surface area contributed by atoms with Crippen LogP contribution in [-0.4, -0.2) is 24.6 Å². The lowest BCUT2D eigenvalue weighted by molar-refractivity contribution is -0.166. The van der Waals surface area contributed by atoms with Gasteiger partial charge in [-0.3, -0.25) is 4.79 Å². The van der Waals surface area contributed by atoms with Crippen LogP contribution in [0.2, 0.25) is 0 Å². The third-order valence-corrected chi connectivity index (χ3v) is 4.82. The Morgan fingerprint density at radius 3 is 2.94 bits per heavy atom. The van der Waals surface area contributed by atoms with Crippen LogP contribution in [-0.2, 0) is 19.1 Å². The van der Waals surface area contributed by atoms with E-state index < -0.39 is 5.97 Å². The van der Waals surface area contributed by atoms with Crippen molar-refractivity contribution in [2.45, 2.75) is 31.8 Å². The summed E-state index contributed by atoms with van der Waals surface area (Å²) in [6.45, 7) is 3.50. The first-order chi connectivity index (χ1) is 8.70. The molecule has 1 aliphatic heterocycles. The van der Waals surface area contributed by atoms with Crippen LogP contribution < -0.4 is 0 Å². The highest BCUT2D eigenvalue weighted by molar-refractivity contribution is 5.81. The molecule has 0 spiro atoms. The molecule has 0 aromatic rings. The number of hydrogen-bond donors (Lipinski definition) is 0. The van der Waals surface area contributed by atoms with Gasteiger partial charge in [-0.05, 0) is 37.0 Å². The topological polar surface area (TPSA) is 52.6 Å². The van der Waals surface area contributed by atoms with Crippen LogP contribution in [0.15, 0.2) is 12.7 Å². The summed E-state index contributed by atoms with van der Waals surface area (Å²) in [5, 5.41) is 0. The van der Waals surface area contributed by atoms with Gasteiger partial charge < -0.3 is 9.47 Å². The third kappa shape index (κ3) is 1.74. The van der Waals surface area contributed by atoms with Gasteiger partial charge in [0, 0.05) is 6.08 Å². The van der Waals surface area contributed by atoms with Gasteiger partial charge in [0.2, 0.25) is 0 Å². The molecule has 4 nitrogen and oxygen atoms in total. The van der Waals surface area contributed by atoms with E-state index in [4.69, 9.17) is 9.47 Å². The van der Waals surface area contributed by atoms with Crippen molar-refractivity contribution in [3.8, 4) is 0 Å². The van der Waals surface area contributed by atoms with Gasteiger partial charge in [-0.25, -0.2) is 4.79 Å². The smallest absolute Gasteiger partial charge is 0.330 e. The number of hydrogen-bond acceptors (Lipinski definition) is 4. The van der Waals surface area contributed by atoms with E-state index in [1.54, 1.807) is 0 Å². The Morgan fingerprint density at radius 1 is 1.39 bits per heavy atom. The Labute approximate surface area is 106 Å². The largest absolute Gasteiger partial charge is 0.462 e. The summed E-state index contributed by atoms with van der Waals surface area (Å²) in [7, 11) is 0. The number of carbonyl (C=O) groups excluding carboxylic acids is 2. The van der Waals surface area contributed by atoms with Gasteiger partial charge in [0.1, 0.15) is 12.7 Å². The molecule has 1 heterocycles. The second-order valence-corrected chi connectivity index (χ2v) is 5.57. The minimum Gasteiger partial charge on any atom is -0.462 e. The Bertz CT molecular complexity index is 389. The molecule has 3 rings (SSSR count). The van der Waals surface area contributed by atoms with Crippen LogP contribution in [0.1, 0.15) is 25.7 Å². The Morgan fingerprint density at radius 2 is 2.17 bits per heavy atom. The Balaban J connectivity index is 1.71. The molecule has 2 bridgehead atoms. The lowest BCUT2D eigenvalue weighted by atomic mass is 9.82. The lowest BCUT2D eigenvalue weighted by Crippen LogP contribution is -2.37. The standard InChI is InChI=1S/C14H18O4/c1-2-13(15)17-7-11-10-6-12(18-14(11)16)9-5-3-4-8(9)10/h2,8-12H,1,3-7H2. The quantitative estimate of drug-likeness (QED) is 0.565. The van der Waals surface area contributed by atoms with Gasteiger partial charge in [0.25, 0.3) is 0 Å². The van der Waals surface area contributed by atoms with Crippen LogP contribution in [0.5, 0.6) is 0 Å². The van der Waals surface area contributed by atoms with E-state index in [0.717, 1.165) is 12.5 Å². The molecule has 1 saturated heterocycles. The average molecular weight is 250 g/mol. The maximum atomic E-state index is 11.9. The van der Waals surface area contributed by atoms with Crippen molar-refractivity contribution in [3.63, 3.8) is 0 Å². The van der Waals surface area contributed by atoms with Crippen molar-refractivity contribution in [1.82, 2.24) is 0 Å². The summed E-state index contributed by atoms with van der Waals surface area (Å²) in [5.74, 6) is 0.584. The Kier molecular flexibility index (Phi) is 2.88. The normalized spacial score (nSPS) is 41.1. The Hall–Kier alpha value is -1.32. The predicted molar refractivity (Wildman–Crippen MR) is 63.5 cm³/mol. The summed E-state index contributed by atoms with van der Waals surface area (Å²) in [6, 6.07) is 0. The molecule has 98 valence electrons. The SMILES string of the molecule is C=CC(=O)OCC1C(=O)OC2CC1C1CCCC21. The summed E-state index contributed by atoms with van der Waals surface area (Å²) < 4.78 is 10.6.